The van der Waals surface area contributed by atoms with E-state index in [0.29, 0.717) is 29.8 Å². The van der Waals surface area contributed by atoms with Crippen LogP contribution in [0.3, 0.4) is 0 Å². The van der Waals surface area contributed by atoms with Gasteiger partial charge in [0.1, 0.15) is 6.54 Å². The van der Waals surface area contributed by atoms with Gasteiger partial charge in [0.15, 0.2) is 0 Å². The smallest absolute Gasteiger partial charge is 0.293 e. The number of rotatable bonds is 5. The molecule has 0 aliphatic carbocycles. The van der Waals surface area contributed by atoms with Crippen LogP contribution in [0.2, 0.25) is 0 Å². The van der Waals surface area contributed by atoms with Crippen LogP contribution in [-0.4, -0.2) is 15.0 Å². The Morgan fingerprint density at radius 2 is 1.91 bits per heavy atom. The number of carbonyl (C=O) groups excluding carboxylic acids is 1. The largest absolute Gasteiger partial charge is 0.331 e. The van der Waals surface area contributed by atoms with E-state index in [1.54, 1.807) is 24.3 Å². The Bertz CT molecular complexity index is 805. The molecule has 22 heavy (non-hydrogen) atoms. The van der Waals surface area contributed by atoms with E-state index in [9.17, 15) is 14.4 Å². The zero-order valence-electron chi connectivity index (χ0n) is 12.7. The van der Waals surface area contributed by atoms with Gasteiger partial charge < -0.3 is 0 Å². The lowest BCUT2D eigenvalue weighted by atomic mass is 10.1. The van der Waals surface area contributed by atoms with E-state index in [0.717, 1.165) is 0 Å². The third-order valence-corrected chi connectivity index (χ3v) is 3.52. The summed E-state index contributed by atoms with van der Waals surface area (Å²) >= 11 is 0. The molecule has 0 aliphatic rings. The zero-order chi connectivity index (χ0) is 16.3. The first-order valence-corrected chi connectivity index (χ1v) is 7.17. The van der Waals surface area contributed by atoms with Crippen molar-refractivity contribution in [3.63, 3.8) is 0 Å². The van der Waals surface area contributed by atoms with Crippen LogP contribution in [-0.2, 0) is 17.9 Å². The van der Waals surface area contributed by atoms with Crippen molar-refractivity contribution in [3.05, 3.63) is 45.1 Å². The first kappa shape index (κ1) is 16.0. The third kappa shape index (κ3) is 3.09. The fourth-order valence-electron chi connectivity index (χ4n) is 2.30. The van der Waals surface area contributed by atoms with Crippen LogP contribution in [0.15, 0.2) is 33.9 Å². The van der Waals surface area contributed by atoms with E-state index < -0.39 is 11.6 Å². The predicted molar refractivity (Wildman–Crippen MR) is 84.3 cm³/mol. The number of nitrogens with two attached hydrogens (primary N) is 1. The number of nitrogens with one attached hydrogen (secondary N) is 1. The van der Waals surface area contributed by atoms with Crippen LogP contribution in [0.5, 0.6) is 0 Å². The Kier molecular flexibility index (Phi) is 4.77. The highest BCUT2D eigenvalue weighted by molar-refractivity contribution is 5.81. The summed E-state index contributed by atoms with van der Waals surface area (Å²) in [7, 11) is 0. The van der Waals surface area contributed by atoms with Crippen molar-refractivity contribution in [2.24, 2.45) is 11.8 Å². The van der Waals surface area contributed by atoms with Crippen LogP contribution in [0.1, 0.15) is 20.3 Å². The van der Waals surface area contributed by atoms with Gasteiger partial charge in [0.2, 0.25) is 0 Å². The molecular weight excluding hydrogens is 284 g/mol. The minimum absolute atomic E-state index is 0.224. The molecule has 0 atom stereocenters. The van der Waals surface area contributed by atoms with Crippen LogP contribution in [0.4, 0.5) is 0 Å². The first-order chi connectivity index (χ1) is 10.5. The molecule has 2 rings (SSSR count). The van der Waals surface area contributed by atoms with Crippen molar-refractivity contribution in [3.8, 4) is 0 Å². The molecule has 0 aliphatic heterocycles. The molecule has 7 nitrogen and oxygen atoms in total. The summed E-state index contributed by atoms with van der Waals surface area (Å²) in [6.45, 7) is 4.14. The van der Waals surface area contributed by atoms with Crippen molar-refractivity contribution in [2.75, 3.05) is 0 Å². The van der Waals surface area contributed by atoms with Crippen molar-refractivity contribution in [2.45, 2.75) is 33.4 Å². The summed E-state index contributed by atoms with van der Waals surface area (Å²) in [5, 5.41) is 0.413. The van der Waals surface area contributed by atoms with Gasteiger partial charge in [0.05, 0.1) is 10.9 Å². The lowest BCUT2D eigenvalue weighted by molar-refractivity contribution is -0.121. The molecule has 118 valence electrons. The Morgan fingerprint density at radius 1 is 1.23 bits per heavy atom. The van der Waals surface area contributed by atoms with Gasteiger partial charge in [0.25, 0.3) is 11.5 Å². The maximum atomic E-state index is 12.6. The van der Waals surface area contributed by atoms with E-state index in [-0.39, 0.29) is 12.1 Å². The second kappa shape index (κ2) is 6.57. The number of hydrogen-bond donors (Lipinski definition) is 2. The molecular formula is C15H20N4O3. The Balaban J connectivity index is 2.68. The number of aromatic nitrogens is 2. The molecule has 0 fully saturated rings. The number of carbonyl (C=O) groups is 1. The zero-order valence-corrected chi connectivity index (χ0v) is 12.7. The average Bonchev–Trinajstić information content (AvgIpc) is 2.50. The van der Waals surface area contributed by atoms with Gasteiger partial charge in [-0.1, -0.05) is 26.0 Å². The fraction of sp³-hybridized carbons (Fsp3) is 0.400. The summed E-state index contributed by atoms with van der Waals surface area (Å²) in [4.78, 5) is 36.6. The quantitative estimate of drug-likeness (QED) is 0.468. The monoisotopic (exact) mass is 304 g/mol. The minimum atomic E-state index is -0.499. The molecule has 7 heteroatoms. The van der Waals surface area contributed by atoms with Gasteiger partial charge in [-0.25, -0.2) is 10.6 Å². The highest BCUT2D eigenvalue weighted by Gasteiger charge is 2.14. The second-order valence-electron chi connectivity index (χ2n) is 5.59. The maximum Gasteiger partial charge on any atom is 0.331 e. The number of hydrazine groups is 1. The lowest BCUT2D eigenvalue weighted by Crippen LogP contribution is -2.43. The number of hydrogen-bond acceptors (Lipinski definition) is 4. The van der Waals surface area contributed by atoms with Crippen molar-refractivity contribution in [1.82, 2.24) is 14.6 Å². The predicted octanol–water partition coefficient (Wildman–Crippen LogP) is 0.199. The van der Waals surface area contributed by atoms with Gasteiger partial charge in [-0.15, -0.1) is 0 Å². The summed E-state index contributed by atoms with van der Waals surface area (Å²) in [6, 6.07) is 6.75. The SMILES string of the molecule is CC(C)CCn1c(=O)c2ccccc2n(CC(=O)NN)c1=O. The molecule has 3 N–H and O–H groups in total. The number of nitrogens with zero attached hydrogens (tertiary/aromatic N) is 2. The maximum absolute atomic E-state index is 12.6. The van der Waals surface area contributed by atoms with E-state index in [1.807, 2.05) is 19.3 Å². The van der Waals surface area contributed by atoms with Crippen LogP contribution >= 0.6 is 0 Å². The summed E-state index contributed by atoms with van der Waals surface area (Å²) < 4.78 is 2.46. The van der Waals surface area contributed by atoms with Crippen LogP contribution in [0, 0.1) is 5.92 Å². The summed E-state index contributed by atoms with van der Waals surface area (Å²) in [6.07, 6.45) is 0.705. The number of fused-ring (bicyclic) bond motifs is 1. The minimum Gasteiger partial charge on any atom is -0.293 e. The highest BCUT2D eigenvalue weighted by Crippen LogP contribution is 2.08. The molecule has 0 saturated carbocycles. The standard InChI is InChI=1S/C15H20N4O3/c1-10(2)7-8-18-14(21)11-5-3-4-6-12(11)19(15(18)22)9-13(20)17-16/h3-6,10H,7-9,16H2,1-2H3,(H,17,20). The van der Waals surface area contributed by atoms with E-state index in [4.69, 9.17) is 5.84 Å². The molecule has 0 bridgehead atoms. The van der Waals surface area contributed by atoms with Gasteiger partial charge in [-0.05, 0) is 24.5 Å². The molecule has 0 unspecified atom stereocenters. The Hall–Kier alpha value is -2.41. The van der Waals surface area contributed by atoms with Crippen molar-refractivity contribution >= 4 is 16.8 Å². The van der Waals surface area contributed by atoms with Gasteiger partial charge >= 0.3 is 5.69 Å². The molecule has 1 aromatic heterocycles. The molecule has 0 spiro atoms. The van der Waals surface area contributed by atoms with Crippen LogP contribution in [0.25, 0.3) is 10.9 Å². The molecule has 0 saturated heterocycles. The molecule has 1 aromatic carbocycles. The number of para-hydroxylation sites is 1. The first-order valence-electron chi connectivity index (χ1n) is 7.17. The van der Waals surface area contributed by atoms with E-state index >= 15 is 0 Å². The average molecular weight is 304 g/mol. The van der Waals surface area contributed by atoms with Crippen molar-refractivity contribution < 1.29 is 4.79 Å². The normalized spacial score (nSPS) is 11.1. The van der Waals surface area contributed by atoms with Gasteiger partial charge in [-0.2, -0.15) is 0 Å². The summed E-state index contributed by atoms with van der Waals surface area (Å²) in [5.74, 6) is 4.96. The molecule has 1 amide bonds. The summed E-state index contributed by atoms with van der Waals surface area (Å²) in [5.41, 5.74) is 1.62. The van der Waals surface area contributed by atoms with Gasteiger partial charge in [0, 0.05) is 6.54 Å². The fourth-order valence-corrected chi connectivity index (χ4v) is 2.30. The highest BCUT2D eigenvalue weighted by atomic mass is 16.2. The van der Waals surface area contributed by atoms with Crippen LogP contribution < -0.4 is 22.5 Å². The lowest BCUT2D eigenvalue weighted by Gasteiger charge is -2.14. The second-order valence-corrected chi connectivity index (χ2v) is 5.59. The molecule has 0 radical (unpaired) electrons. The topological polar surface area (TPSA) is 99.1 Å². The number of amides is 1. The third-order valence-electron chi connectivity index (χ3n) is 3.52. The van der Waals surface area contributed by atoms with E-state index in [2.05, 4.69) is 0 Å². The van der Waals surface area contributed by atoms with Gasteiger partial charge in [-0.3, -0.25) is 24.1 Å². The number of benzene rings is 1. The Labute approximate surface area is 127 Å². The molecule has 1 heterocycles. The molecule has 2 aromatic rings. The van der Waals surface area contributed by atoms with E-state index in [1.165, 1.54) is 9.13 Å². The van der Waals surface area contributed by atoms with Crippen molar-refractivity contribution in [1.29, 1.82) is 0 Å². The Morgan fingerprint density at radius 3 is 2.55 bits per heavy atom.